The van der Waals surface area contributed by atoms with E-state index < -0.39 is 10.0 Å². The lowest BCUT2D eigenvalue weighted by Crippen LogP contribution is -2.30. The number of hydrogen-bond donors (Lipinski definition) is 2. The van der Waals surface area contributed by atoms with Crippen LogP contribution in [0.25, 0.3) is 0 Å². The van der Waals surface area contributed by atoms with Crippen LogP contribution in [0.1, 0.15) is 55.1 Å². The number of aryl methyl sites for hydroxylation is 1. The van der Waals surface area contributed by atoms with E-state index >= 15 is 0 Å². The summed E-state index contributed by atoms with van der Waals surface area (Å²) in [6.45, 7) is 4.61. The molecule has 0 radical (unpaired) electrons. The lowest BCUT2D eigenvalue weighted by Gasteiger charge is -2.11. The van der Waals surface area contributed by atoms with Crippen LogP contribution in [0.5, 0.6) is 0 Å². The molecule has 1 aliphatic heterocycles. The van der Waals surface area contributed by atoms with Gasteiger partial charge in [0.25, 0.3) is 5.91 Å². The molecular weight excluding hydrogens is 366 g/mol. The SMILES string of the molecule is CC(C)NS(=O)(=O)c1cccc(C(=O)NCc2nnc3n2CCCCC3)c1. The molecule has 0 spiro atoms. The number of rotatable bonds is 6. The van der Waals surface area contributed by atoms with Gasteiger partial charge in [0, 0.05) is 24.6 Å². The van der Waals surface area contributed by atoms with Gasteiger partial charge >= 0.3 is 0 Å². The molecule has 8 nitrogen and oxygen atoms in total. The highest BCUT2D eigenvalue weighted by molar-refractivity contribution is 7.89. The molecule has 0 saturated heterocycles. The van der Waals surface area contributed by atoms with E-state index in [1.165, 1.54) is 18.6 Å². The Morgan fingerprint density at radius 1 is 1.22 bits per heavy atom. The smallest absolute Gasteiger partial charge is 0.251 e. The van der Waals surface area contributed by atoms with Crippen molar-refractivity contribution in [2.24, 2.45) is 0 Å². The lowest BCUT2D eigenvalue weighted by molar-refractivity contribution is 0.0949. The summed E-state index contributed by atoms with van der Waals surface area (Å²) in [6, 6.07) is 5.78. The number of carbonyl (C=O) groups excluding carboxylic acids is 1. The summed E-state index contributed by atoms with van der Waals surface area (Å²) in [5.74, 6) is 1.35. The molecule has 3 rings (SSSR count). The monoisotopic (exact) mass is 391 g/mol. The molecule has 9 heteroatoms. The second-order valence-electron chi connectivity index (χ2n) is 6.98. The summed E-state index contributed by atoms with van der Waals surface area (Å²) in [7, 11) is -3.65. The fraction of sp³-hybridized carbons (Fsp3) is 0.500. The number of fused-ring (bicyclic) bond motifs is 1. The standard InChI is InChI=1S/C18H25N5O3S/c1-13(2)22-27(25,26)15-8-6-7-14(11-15)18(24)19-12-17-21-20-16-9-4-3-5-10-23(16)17/h6-8,11,13,22H,3-5,9-10,12H2,1-2H3,(H,19,24). The van der Waals surface area contributed by atoms with Crippen molar-refractivity contribution >= 4 is 15.9 Å². The van der Waals surface area contributed by atoms with Crippen LogP contribution in [0.15, 0.2) is 29.2 Å². The van der Waals surface area contributed by atoms with Crippen molar-refractivity contribution in [2.75, 3.05) is 0 Å². The third kappa shape index (κ3) is 4.72. The van der Waals surface area contributed by atoms with Crippen LogP contribution in [-0.2, 0) is 29.5 Å². The predicted molar refractivity (Wildman–Crippen MR) is 101 cm³/mol. The Bertz CT molecular complexity index is 921. The largest absolute Gasteiger partial charge is 0.345 e. The maximum atomic E-state index is 12.5. The number of nitrogens with zero attached hydrogens (tertiary/aromatic N) is 3. The van der Waals surface area contributed by atoms with E-state index in [1.807, 2.05) is 0 Å². The van der Waals surface area contributed by atoms with Gasteiger partial charge in [0.2, 0.25) is 10.0 Å². The van der Waals surface area contributed by atoms with E-state index in [1.54, 1.807) is 26.0 Å². The molecule has 1 aromatic heterocycles. The first-order chi connectivity index (χ1) is 12.9. The molecule has 0 unspecified atom stereocenters. The molecule has 1 aromatic carbocycles. The summed E-state index contributed by atoms with van der Waals surface area (Å²) in [4.78, 5) is 12.6. The molecule has 0 bridgehead atoms. The Kier molecular flexibility index (Phi) is 5.91. The third-order valence-corrected chi connectivity index (χ3v) is 6.05. The van der Waals surface area contributed by atoms with Crippen molar-refractivity contribution < 1.29 is 13.2 Å². The van der Waals surface area contributed by atoms with Crippen LogP contribution in [0.4, 0.5) is 0 Å². The minimum atomic E-state index is -3.65. The summed E-state index contributed by atoms with van der Waals surface area (Å²) >= 11 is 0. The molecule has 0 atom stereocenters. The van der Waals surface area contributed by atoms with Crippen molar-refractivity contribution in [3.05, 3.63) is 41.5 Å². The Labute approximate surface area is 159 Å². The van der Waals surface area contributed by atoms with Gasteiger partial charge in [-0.2, -0.15) is 0 Å². The van der Waals surface area contributed by atoms with Gasteiger partial charge in [-0.15, -0.1) is 10.2 Å². The predicted octanol–water partition coefficient (Wildman–Crippen LogP) is 1.62. The highest BCUT2D eigenvalue weighted by Gasteiger charge is 2.18. The first kappa shape index (κ1) is 19.5. The number of sulfonamides is 1. The minimum Gasteiger partial charge on any atom is -0.345 e. The molecule has 0 aliphatic carbocycles. The summed E-state index contributed by atoms with van der Waals surface area (Å²) < 4.78 is 29.2. The molecule has 2 aromatic rings. The average Bonchev–Trinajstić information content (AvgIpc) is 2.85. The third-order valence-electron chi connectivity index (χ3n) is 4.39. The zero-order valence-electron chi connectivity index (χ0n) is 15.6. The highest BCUT2D eigenvalue weighted by Crippen LogP contribution is 2.15. The van der Waals surface area contributed by atoms with Crippen molar-refractivity contribution in [1.82, 2.24) is 24.8 Å². The fourth-order valence-corrected chi connectivity index (χ4v) is 4.42. The maximum Gasteiger partial charge on any atom is 0.251 e. The maximum absolute atomic E-state index is 12.5. The number of amides is 1. The Morgan fingerprint density at radius 2 is 2.04 bits per heavy atom. The van der Waals surface area contributed by atoms with E-state index in [0.717, 1.165) is 37.5 Å². The molecule has 27 heavy (non-hydrogen) atoms. The van der Waals surface area contributed by atoms with Crippen molar-refractivity contribution in [3.8, 4) is 0 Å². The molecule has 0 fully saturated rings. The highest BCUT2D eigenvalue weighted by atomic mass is 32.2. The first-order valence-electron chi connectivity index (χ1n) is 9.18. The second-order valence-corrected chi connectivity index (χ2v) is 8.70. The van der Waals surface area contributed by atoms with Gasteiger partial charge in [-0.05, 0) is 44.9 Å². The second kappa shape index (κ2) is 8.18. The number of benzene rings is 1. The van der Waals surface area contributed by atoms with Gasteiger partial charge in [0.15, 0.2) is 5.82 Å². The van der Waals surface area contributed by atoms with E-state index in [-0.39, 0.29) is 29.0 Å². The van der Waals surface area contributed by atoms with E-state index in [9.17, 15) is 13.2 Å². The Morgan fingerprint density at radius 3 is 2.81 bits per heavy atom. The van der Waals surface area contributed by atoms with E-state index in [2.05, 4.69) is 24.8 Å². The molecule has 1 amide bonds. The minimum absolute atomic E-state index is 0.0696. The molecular formula is C18H25N5O3S. The molecule has 2 heterocycles. The molecule has 1 aliphatic rings. The first-order valence-corrected chi connectivity index (χ1v) is 10.7. The number of nitrogens with one attached hydrogen (secondary N) is 2. The fourth-order valence-electron chi connectivity index (χ4n) is 3.12. The van der Waals surface area contributed by atoms with Gasteiger partial charge in [-0.25, -0.2) is 13.1 Å². The Balaban J connectivity index is 1.70. The van der Waals surface area contributed by atoms with Gasteiger partial charge in [0.05, 0.1) is 11.4 Å². The number of carbonyl (C=O) groups is 1. The molecule has 146 valence electrons. The van der Waals surface area contributed by atoms with Crippen LogP contribution in [0.2, 0.25) is 0 Å². The van der Waals surface area contributed by atoms with Crippen LogP contribution in [0, 0.1) is 0 Å². The van der Waals surface area contributed by atoms with Gasteiger partial charge in [-0.3, -0.25) is 4.79 Å². The normalized spacial score (nSPS) is 14.6. The zero-order chi connectivity index (χ0) is 19.4. The van der Waals surface area contributed by atoms with Gasteiger partial charge in [0.1, 0.15) is 5.82 Å². The molecule has 0 saturated carbocycles. The average molecular weight is 391 g/mol. The number of hydrogen-bond acceptors (Lipinski definition) is 5. The van der Waals surface area contributed by atoms with Gasteiger partial charge in [-0.1, -0.05) is 12.5 Å². The van der Waals surface area contributed by atoms with Crippen molar-refractivity contribution in [1.29, 1.82) is 0 Å². The topological polar surface area (TPSA) is 106 Å². The quantitative estimate of drug-likeness (QED) is 0.778. The van der Waals surface area contributed by atoms with Crippen LogP contribution >= 0.6 is 0 Å². The summed E-state index contributed by atoms with van der Waals surface area (Å²) in [5.41, 5.74) is 0.289. The van der Waals surface area contributed by atoms with Crippen molar-refractivity contribution in [2.45, 2.75) is 63.6 Å². The van der Waals surface area contributed by atoms with Crippen LogP contribution in [-0.4, -0.2) is 35.1 Å². The summed E-state index contributed by atoms with van der Waals surface area (Å²) in [5, 5.41) is 11.2. The van der Waals surface area contributed by atoms with E-state index in [4.69, 9.17) is 0 Å². The summed E-state index contributed by atoms with van der Waals surface area (Å²) in [6.07, 6.45) is 4.26. The van der Waals surface area contributed by atoms with Crippen LogP contribution in [0.3, 0.4) is 0 Å². The number of aromatic nitrogens is 3. The zero-order valence-corrected chi connectivity index (χ0v) is 16.4. The Hall–Kier alpha value is -2.26. The van der Waals surface area contributed by atoms with Crippen LogP contribution < -0.4 is 10.0 Å². The van der Waals surface area contributed by atoms with Gasteiger partial charge < -0.3 is 9.88 Å². The van der Waals surface area contributed by atoms with Crippen molar-refractivity contribution in [3.63, 3.8) is 0 Å². The van der Waals surface area contributed by atoms with E-state index in [0.29, 0.717) is 0 Å². The lowest BCUT2D eigenvalue weighted by atomic mass is 10.2. The molecule has 2 N–H and O–H groups in total.